The molecule has 3 aromatic heterocycles. The summed E-state index contributed by atoms with van der Waals surface area (Å²) in [5, 5.41) is 10.9. The van der Waals surface area contributed by atoms with Gasteiger partial charge in [-0.15, -0.1) is 0 Å². The first kappa shape index (κ1) is 35.9. The molecular weight excluding hydrogens is 657 g/mol. The Labute approximate surface area is 298 Å². The van der Waals surface area contributed by atoms with Crippen LogP contribution in [0.2, 0.25) is 0 Å². The van der Waals surface area contributed by atoms with Crippen LogP contribution in [0.1, 0.15) is 77.0 Å². The predicted molar refractivity (Wildman–Crippen MR) is 187 cm³/mol. The van der Waals surface area contributed by atoms with Gasteiger partial charge >= 0.3 is 0 Å². The Morgan fingerprint density at radius 2 is 0.725 bits per heavy atom. The maximum absolute atomic E-state index is 12.7. The Kier molecular flexibility index (Phi) is 12.2. The SMILES string of the molecule is Fc1ccc(OCC2CCC3CC[C@@H]2N3)nc1.Fc1ccc(OCC2CC[C@@H]3CCC2N3)nc1.Fc1ccc(OC[C@H]2CC[C@@H]3CCC2N3)nc1. The second-order valence-corrected chi connectivity index (χ2v) is 15.0. The van der Waals surface area contributed by atoms with E-state index in [-0.39, 0.29) is 17.5 Å². The lowest BCUT2D eigenvalue weighted by Gasteiger charge is -2.29. The first-order valence-electron chi connectivity index (χ1n) is 18.9. The monoisotopic (exact) mass is 708 g/mol. The summed E-state index contributed by atoms with van der Waals surface area (Å²) >= 11 is 0. The van der Waals surface area contributed by atoms with Crippen molar-refractivity contribution in [3.63, 3.8) is 0 Å². The predicted octanol–water partition coefficient (Wildman–Crippen LogP) is 6.39. The van der Waals surface area contributed by atoms with Crippen molar-refractivity contribution in [2.45, 2.75) is 113 Å². The number of nitrogens with zero attached hydrogens (tertiary/aromatic N) is 3. The van der Waals surface area contributed by atoms with Gasteiger partial charge in [0.2, 0.25) is 17.6 Å². The summed E-state index contributed by atoms with van der Waals surface area (Å²) in [6.45, 7) is 2.05. The van der Waals surface area contributed by atoms with Crippen LogP contribution in [0.25, 0.3) is 0 Å². The maximum atomic E-state index is 12.7. The topological polar surface area (TPSA) is 102 Å². The third kappa shape index (κ3) is 10.1. The van der Waals surface area contributed by atoms with Crippen LogP contribution in [0.5, 0.6) is 17.6 Å². The van der Waals surface area contributed by atoms with Gasteiger partial charge in [-0.1, -0.05) is 0 Å². The van der Waals surface area contributed by atoms with Gasteiger partial charge in [-0.25, -0.2) is 28.1 Å². The smallest absolute Gasteiger partial charge is 0.213 e. The molecule has 6 fully saturated rings. The molecule has 5 unspecified atom stereocenters. The van der Waals surface area contributed by atoms with E-state index in [2.05, 4.69) is 30.9 Å². The quantitative estimate of drug-likeness (QED) is 0.234. The molecule has 51 heavy (non-hydrogen) atoms. The van der Waals surface area contributed by atoms with E-state index in [1.165, 1.54) is 114 Å². The molecule has 12 heteroatoms. The van der Waals surface area contributed by atoms with Crippen LogP contribution in [0, 0.1) is 35.2 Å². The second-order valence-electron chi connectivity index (χ2n) is 15.0. The molecular formula is C39H51F3N6O3. The molecule has 3 N–H and O–H groups in total. The van der Waals surface area contributed by atoms with Crippen molar-refractivity contribution in [1.82, 2.24) is 30.9 Å². The molecule has 0 aliphatic carbocycles. The normalized spacial score (nSPS) is 31.5. The van der Waals surface area contributed by atoms with Crippen LogP contribution in [0.4, 0.5) is 13.2 Å². The van der Waals surface area contributed by atoms with E-state index < -0.39 is 0 Å². The standard InChI is InChI=1S/3C13H17FN2O/c3*14-10-2-6-13(15-7-10)17-8-9-1-3-11-4-5-12(9)16-11/h3*2,6-7,9,11-12,16H,1,3-5,8H2/t9?,11?,12-;9?,11-,12?;9-,11-,12?/m011/s1. The number of nitrogens with one attached hydrogen (secondary N) is 3. The molecule has 0 aromatic carbocycles. The van der Waals surface area contributed by atoms with Crippen molar-refractivity contribution in [2.75, 3.05) is 19.8 Å². The molecule has 9 atom stereocenters. The third-order valence-electron chi connectivity index (χ3n) is 11.6. The minimum Gasteiger partial charge on any atom is -0.477 e. The summed E-state index contributed by atoms with van der Waals surface area (Å²) in [4.78, 5) is 11.7. The minimum absolute atomic E-state index is 0.324. The average molecular weight is 709 g/mol. The van der Waals surface area contributed by atoms with Crippen LogP contribution in [-0.2, 0) is 0 Å². The van der Waals surface area contributed by atoms with Crippen LogP contribution in [0.3, 0.4) is 0 Å². The second kappa shape index (κ2) is 17.4. The van der Waals surface area contributed by atoms with E-state index in [4.69, 9.17) is 14.2 Å². The van der Waals surface area contributed by atoms with Crippen LogP contribution in [0.15, 0.2) is 55.0 Å². The van der Waals surface area contributed by atoms with Crippen LogP contribution < -0.4 is 30.2 Å². The molecule has 6 saturated heterocycles. The van der Waals surface area contributed by atoms with Gasteiger partial charge in [-0.2, -0.15) is 0 Å². The summed E-state index contributed by atoms with van der Waals surface area (Å²) in [7, 11) is 0. The summed E-state index contributed by atoms with van der Waals surface area (Å²) in [5.41, 5.74) is 0. The van der Waals surface area contributed by atoms with Gasteiger partial charge in [0.1, 0.15) is 17.5 Å². The van der Waals surface area contributed by atoms with E-state index in [1.54, 1.807) is 18.2 Å². The number of halogens is 3. The van der Waals surface area contributed by atoms with Crippen LogP contribution in [-0.4, -0.2) is 71.0 Å². The largest absolute Gasteiger partial charge is 0.477 e. The number of hydrogen-bond acceptors (Lipinski definition) is 9. The lowest BCUT2D eigenvalue weighted by atomic mass is 9.93. The third-order valence-corrected chi connectivity index (χ3v) is 11.6. The molecule has 9 rings (SSSR count). The molecule has 0 amide bonds. The zero-order valence-corrected chi connectivity index (χ0v) is 29.2. The van der Waals surface area contributed by atoms with Crippen molar-refractivity contribution >= 4 is 0 Å². The van der Waals surface area contributed by atoms with E-state index >= 15 is 0 Å². The van der Waals surface area contributed by atoms with Gasteiger partial charge in [0.05, 0.1) is 38.4 Å². The maximum Gasteiger partial charge on any atom is 0.213 e. The minimum atomic E-state index is -0.324. The number of aromatic nitrogens is 3. The molecule has 0 spiro atoms. The van der Waals surface area contributed by atoms with Crippen molar-refractivity contribution in [3.05, 3.63) is 72.4 Å². The fraction of sp³-hybridized carbons (Fsp3) is 0.615. The number of pyridine rings is 3. The van der Waals surface area contributed by atoms with Crippen molar-refractivity contribution < 1.29 is 27.4 Å². The number of hydrogen-bond donors (Lipinski definition) is 3. The van der Waals surface area contributed by atoms with E-state index in [1.807, 2.05) is 0 Å². The van der Waals surface area contributed by atoms with E-state index in [0.717, 1.165) is 18.1 Å². The molecule has 6 aliphatic rings. The number of piperidine rings is 3. The first-order chi connectivity index (χ1) is 24.9. The Morgan fingerprint density at radius 3 is 1.00 bits per heavy atom. The first-order valence-corrected chi connectivity index (χ1v) is 18.9. The Balaban J connectivity index is 0.000000119. The summed E-state index contributed by atoms with van der Waals surface area (Å²) in [5.74, 6) is 2.30. The number of ether oxygens (including phenoxy) is 3. The molecule has 0 radical (unpaired) electrons. The van der Waals surface area contributed by atoms with Gasteiger partial charge in [-0.05, 0) is 95.2 Å². The number of fused-ring (bicyclic) bond motifs is 6. The van der Waals surface area contributed by atoms with Gasteiger partial charge in [0, 0.05) is 72.2 Å². The van der Waals surface area contributed by atoms with Crippen molar-refractivity contribution in [2.24, 2.45) is 17.8 Å². The van der Waals surface area contributed by atoms with Gasteiger partial charge in [-0.3, -0.25) is 0 Å². The van der Waals surface area contributed by atoms with E-state index in [9.17, 15) is 13.2 Å². The molecule has 9 heterocycles. The molecule has 0 saturated carbocycles. The summed E-state index contributed by atoms with van der Waals surface area (Å²) < 4.78 is 54.9. The zero-order valence-electron chi connectivity index (χ0n) is 29.2. The highest BCUT2D eigenvalue weighted by molar-refractivity contribution is 5.12. The fourth-order valence-electron chi connectivity index (χ4n) is 8.72. The molecule has 3 aromatic rings. The summed E-state index contributed by atoms with van der Waals surface area (Å²) in [6, 6.07) is 12.9. The Morgan fingerprint density at radius 1 is 0.431 bits per heavy atom. The zero-order chi connectivity index (χ0) is 35.0. The van der Waals surface area contributed by atoms with Crippen molar-refractivity contribution in [1.29, 1.82) is 0 Å². The van der Waals surface area contributed by atoms with Gasteiger partial charge < -0.3 is 30.2 Å². The molecule has 6 bridgehead atoms. The summed E-state index contributed by atoms with van der Waals surface area (Å²) in [6.07, 6.45) is 18.7. The molecule has 9 nitrogen and oxygen atoms in total. The highest BCUT2D eigenvalue weighted by Crippen LogP contribution is 2.33. The fourth-order valence-corrected chi connectivity index (χ4v) is 8.72. The lowest BCUT2D eigenvalue weighted by molar-refractivity contribution is 0.177. The Bertz CT molecular complexity index is 1320. The van der Waals surface area contributed by atoms with Crippen molar-refractivity contribution in [3.8, 4) is 17.6 Å². The number of rotatable bonds is 9. The molecule has 276 valence electrons. The lowest BCUT2D eigenvalue weighted by Crippen LogP contribution is -2.42. The average Bonchev–Trinajstić information content (AvgIpc) is 3.86. The van der Waals surface area contributed by atoms with Crippen LogP contribution >= 0.6 is 0 Å². The van der Waals surface area contributed by atoms with Gasteiger partial charge in [0.15, 0.2) is 0 Å². The highest BCUT2D eigenvalue weighted by Gasteiger charge is 2.37. The highest BCUT2D eigenvalue weighted by atomic mass is 19.1. The Hall–Kier alpha value is -3.48. The molecule has 6 aliphatic heterocycles. The van der Waals surface area contributed by atoms with E-state index in [0.29, 0.717) is 73.3 Å². The van der Waals surface area contributed by atoms with Gasteiger partial charge in [0.25, 0.3) is 0 Å².